The second-order valence-corrected chi connectivity index (χ2v) is 4.91. The van der Waals surface area contributed by atoms with E-state index >= 15 is 0 Å². The number of halogens is 3. The third-order valence-electron chi connectivity index (χ3n) is 2.34. The van der Waals surface area contributed by atoms with Crippen molar-refractivity contribution in [2.24, 2.45) is 0 Å². The summed E-state index contributed by atoms with van der Waals surface area (Å²) in [4.78, 5) is -0.236. The first kappa shape index (κ1) is 14.2. The lowest BCUT2D eigenvalue weighted by Gasteiger charge is -2.12. The highest BCUT2D eigenvalue weighted by Gasteiger charge is 2.13. The highest BCUT2D eigenvalue weighted by molar-refractivity contribution is 9.09. The molecule has 0 aromatic heterocycles. The molecular weight excluding hydrogens is 294 g/mol. The van der Waals surface area contributed by atoms with Gasteiger partial charge in [0, 0.05) is 11.2 Å². The summed E-state index contributed by atoms with van der Waals surface area (Å²) < 4.78 is 34.6. The Kier molecular flexibility index (Phi) is 5.68. The minimum absolute atomic E-state index is 0.158. The van der Waals surface area contributed by atoms with Crippen LogP contribution in [0.1, 0.15) is 12.0 Å². The van der Waals surface area contributed by atoms with Gasteiger partial charge in [0.2, 0.25) is 6.43 Å². The number of rotatable bonds is 6. The van der Waals surface area contributed by atoms with E-state index in [4.69, 9.17) is 9.47 Å². The molecule has 0 N–H and O–H groups in total. The zero-order valence-corrected chi connectivity index (χ0v) is 11.3. The van der Waals surface area contributed by atoms with Crippen molar-refractivity contribution in [1.29, 1.82) is 0 Å². The van der Waals surface area contributed by atoms with Crippen molar-refractivity contribution in [3.63, 3.8) is 0 Å². The van der Waals surface area contributed by atoms with Crippen molar-refractivity contribution in [2.75, 3.05) is 14.2 Å². The minimum atomic E-state index is -2.29. The van der Waals surface area contributed by atoms with Gasteiger partial charge in [-0.2, -0.15) is 0 Å². The van der Waals surface area contributed by atoms with E-state index in [1.807, 2.05) is 6.07 Å². The van der Waals surface area contributed by atoms with Gasteiger partial charge in [-0.3, -0.25) is 0 Å². The van der Waals surface area contributed by atoms with Crippen LogP contribution in [0.4, 0.5) is 8.78 Å². The summed E-state index contributed by atoms with van der Waals surface area (Å²) in [7, 11) is 3.11. The molecule has 1 rings (SSSR count). The molecule has 1 unspecified atom stereocenters. The number of alkyl halides is 3. The first-order chi connectivity index (χ1) is 8.06. The van der Waals surface area contributed by atoms with Gasteiger partial charge in [0.25, 0.3) is 0 Å². The maximum atomic E-state index is 12.2. The number of ether oxygens (including phenoxy) is 2. The molecule has 1 atom stereocenters. The molecule has 1 aromatic rings. The average Bonchev–Trinajstić information content (AvgIpc) is 2.27. The van der Waals surface area contributed by atoms with Crippen LogP contribution in [-0.4, -0.2) is 25.5 Å². The molecule has 0 aliphatic carbocycles. The maximum Gasteiger partial charge on any atom is 0.239 e. The molecule has 0 amide bonds. The molecule has 96 valence electrons. The lowest BCUT2D eigenvalue weighted by atomic mass is 10.1. The molecule has 0 fully saturated rings. The van der Waals surface area contributed by atoms with Crippen molar-refractivity contribution in [1.82, 2.24) is 0 Å². The van der Waals surface area contributed by atoms with E-state index in [0.29, 0.717) is 17.9 Å². The molecule has 0 radical (unpaired) electrons. The summed E-state index contributed by atoms with van der Waals surface area (Å²) in [5.74, 6) is 1.25. The van der Waals surface area contributed by atoms with Crippen LogP contribution in [0.3, 0.4) is 0 Å². The highest BCUT2D eigenvalue weighted by Crippen LogP contribution is 2.29. The SMILES string of the molecule is COc1ccc(CC(Br)CC(F)F)cc1OC. The summed E-state index contributed by atoms with van der Waals surface area (Å²) in [6.45, 7) is 0. The predicted octanol–water partition coefficient (Wildman–Crippen LogP) is 3.67. The highest BCUT2D eigenvalue weighted by atomic mass is 79.9. The second kappa shape index (κ2) is 6.79. The Balaban J connectivity index is 2.72. The van der Waals surface area contributed by atoms with Crippen LogP contribution in [0.2, 0.25) is 0 Å². The first-order valence-corrected chi connectivity index (χ1v) is 6.11. The van der Waals surface area contributed by atoms with E-state index in [1.165, 1.54) is 0 Å². The van der Waals surface area contributed by atoms with Crippen molar-refractivity contribution in [2.45, 2.75) is 24.1 Å². The van der Waals surface area contributed by atoms with Gasteiger partial charge in [-0.05, 0) is 24.1 Å². The molecule has 17 heavy (non-hydrogen) atoms. The van der Waals surface area contributed by atoms with E-state index in [0.717, 1.165) is 5.56 Å². The quantitative estimate of drug-likeness (QED) is 0.747. The third-order valence-corrected chi connectivity index (χ3v) is 3.04. The molecule has 0 aliphatic rings. The Hall–Kier alpha value is -0.840. The lowest BCUT2D eigenvalue weighted by Crippen LogP contribution is -2.08. The zero-order valence-electron chi connectivity index (χ0n) is 9.75. The van der Waals surface area contributed by atoms with E-state index in [-0.39, 0.29) is 11.2 Å². The fourth-order valence-electron chi connectivity index (χ4n) is 1.54. The molecule has 0 spiro atoms. The van der Waals surface area contributed by atoms with Crippen LogP contribution < -0.4 is 9.47 Å². The standard InChI is InChI=1S/C12H15BrF2O2/c1-16-10-4-3-8(6-11(10)17-2)5-9(13)7-12(14)15/h3-4,6,9,12H,5,7H2,1-2H3. The summed E-state index contributed by atoms with van der Waals surface area (Å²) in [5, 5.41) is 0. The van der Waals surface area contributed by atoms with Gasteiger partial charge < -0.3 is 9.47 Å². The maximum absolute atomic E-state index is 12.2. The van der Waals surface area contributed by atoms with Crippen LogP contribution in [0.5, 0.6) is 11.5 Å². The van der Waals surface area contributed by atoms with Crippen molar-refractivity contribution < 1.29 is 18.3 Å². The Bertz CT molecular complexity index is 358. The largest absolute Gasteiger partial charge is 0.493 e. The van der Waals surface area contributed by atoms with E-state index in [9.17, 15) is 8.78 Å². The number of benzene rings is 1. The number of methoxy groups -OCH3 is 2. The van der Waals surface area contributed by atoms with E-state index in [2.05, 4.69) is 15.9 Å². The van der Waals surface area contributed by atoms with Gasteiger partial charge in [-0.15, -0.1) is 0 Å². The normalized spacial score (nSPS) is 12.6. The van der Waals surface area contributed by atoms with Crippen molar-refractivity contribution in [3.8, 4) is 11.5 Å². The van der Waals surface area contributed by atoms with Crippen LogP contribution in [-0.2, 0) is 6.42 Å². The molecule has 0 saturated heterocycles. The Labute approximate surface area is 108 Å². The van der Waals surface area contributed by atoms with Crippen LogP contribution in [0.15, 0.2) is 18.2 Å². The molecule has 2 nitrogen and oxygen atoms in total. The summed E-state index contributed by atoms with van der Waals surface area (Å²) in [6, 6.07) is 5.43. The Morgan fingerprint density at radius 3 is 2.35 bits per heavy atom. The number of hydrogen-bond acceptors (Lipinski definition) is 2. The fraction of sp³-hybridized carbons (Fsp3) is 0.500. The first-order valence-electron chi connectivity index (χ1n) is 5.20. The molecular formula is C12H15BrF2O2. The molecule has 0 heterocycles. The molecule has 0 saturated carbocycles. The van der Waals surface area contributed by atoms with Crippen LogP contribution in [0, 0.1) is 0 Å². The Morgan fingerprint density at radius 2 is 1.82 bits per heavy atom. The van der Waals surface area contributed by atoms with Gasteiger partial charge >= 0.3 is 0 Å². The van der Waals surface area contributed by atoms with Crippen molar-refractivity contribution >= 4 is 15.9 Å². The summed E-state index contributed by atoms with van der Waals surface area (Å²) in [5.41, 5.74) is 0.935. The third kappa shape index (κ3) is 4.50. The fourth-order valence-corrected chi connectivity index (χ4v) is 2.20. The summed E-state index contributed by atoms with van der Waals surface area (Å²) in [6.07, 6.45) is -1.92. The van der Waals surface area contributed by atoms with Gasteiger partial charge in [0.15, 0.2) is 11.5 Å². The monoisotopic (exact) mass is 308 g/mol. The van der Waals surface area contributed by atoms with Gasteiger partial charge in [-0.1, -0.05) is 22.0 Å². The zero-order chi connectivity index (χ0) is 12.8. The lowest BCUT2D eigenvalue weighted by molar-refractivity contribution is 0.137. The van der Waals surface area contributed by atoms with Gasteiger partial charge in [-0.25, -0.2) is 8.78 Å². The van der Waals surface area contributed by atoms with Crippen LogP contribution >= 0.6 is 15.9 Å². The molecule has 0 aliphatic heterocycles. The minimum Gasteiger partial charge on any atom is -0.493 e. The van der Waals surface area contributed by atoms with Gasteiger partial charge in [0.1, 0.15) is 0 Å². The second-order valence-electron chi connectivity index (χ2n) is 3.62. The molecule has 0 bridgehead atoms. The van der Waals surface area contributed by atoms with Gasteiger partial charge in [0.05, 0.1) is 14.2 Å². The molecule has 5 heteroatoms. The van der Waals surface area contributed by atoms with E-state index < -0.39 is 6.43 Å². The predicted molar refractivity (Wildman–Crippen MR) is 66.6 cm³/mol. The van der Waals surface area contributed by atoms with Crippen LogP contribution in [0.25, 0.3) is 0 Å². The Morgan fingerprint density at radius 1 is 1.18 bits per heavy atom. The van der Waals surface area contributed by atoms with E-state index in [1.54, 1.807) is 26.4 Å². The molecule has 1 aromatic carbocycles. The number of hydrogen-bond donors (Lipinski definition) is 0. The topological polar surface area (TPSA) is 18.5 Å². The average molecular weight is 309 g/mol. The van der Waals surface area contributed by atoms with Crippen molar-refractivity contribution in [3.05, 3.63) is 23.8 Å². The smallest absolute Gasteiger partial charge is 0.239 e. The summed E-state index contributed by atoms with van der Waals surface area (Å²) >= 11 is 3.25.